The van der Waals surface area contributed by atoms with E-state index in [2.05, 4.69) is 6.58 Å². The zero-order valence-corrected chi connectivity index (χ0v) is 10.7. The molecule has 0 N–H and O–H groups in total. The highest BCUT2D eigenvalue weighted by molar-refractivity contribution is 8.15. The summed E-state index contributed by atoms with van der Waals surface area (Å²) < 4.78 is 11.1. The molecule has 0 aliphatic carbocycles. The second-order valence-electron chi connectivity index (χ2n) is 3.49. The molecule has 0 radical (unpaired) electrons. The van der Waals surface area contributed by atoms with Gasteiger partial charge in [-0.05, 0) is 34.8 Å². The van der Waals surface area contributed by atoms with Crippen LogP contribution in [-0.2, 0) is 10.0 Å². The van der Waals surface area contributed by atoms with Crippen LogP contribution in [0.25, 0.3) is 4.91 Å². The smallest absolute Gasteiger partial charge is 0.147 e. The van der Waals surface area contributed by atoms with Crippen LogP contribution in [0.1, 0.15) is 11.1 Å². The lowest BCUT2D eigenvalue weighted by atomic mass is 10.1. The highest BCUT2D eigenvalue weighted by Crippen LogP contribution is 2.28. The minimum absolute atomic E-state index is 0.456. The molecule has 0 amide bonds. The van der Waals surface area contributed by atoms with Crippen LogP contribution < -0.4 is 4.90 Å². The summed E-state index contributed by atoms with van der Waals surface area (Å²) in [5.74, 6) is 0. The van der Waals surface area contributed by atoms with Crippen LogP contribution in [-0.4, -0.2) is 18.3 Å². The predicted molar refractivity (Wildman–Crippen MR) is 68.5 cm³/mol. The number of anilines is 1. The van der Waals surface area contributed by atoms with Gasteiger partial charge in [-0.2, -0.15) is 0 Å². The average molecular weight is 244 g/mol. The van der Waals surface area contributed by atoms with Crippen molar-refractivity contribution in [3.05, 3.63) is 35.9 Å². The van der Waals surface area contributed by atoms with Crippen molar-refractivity contribution in [3.63, 3.8) is 0 Å². The SMILES string of the molecule is C=C(c1cccc(N(C)C)c1C)S(=O)Cl. The third-order valence-electron chi connectivity index (χ3n) is 2.28. The van der Waals surface area contributed by atoms with Crippen molar-refractivity contribution >= 4 is 31.3 Å². The Balaban J connectivity index is 3.27. The summed E-state index contributed by atoms with van der Waals surface area (Å²) in [6.07, 6.45) is 0. The molecule has 0 saturated carbocycles. The fourth-order valence-corrected chi connectivity index (χ4v) is 2.14. The molecule has 0 aromatic heterocycles. The van der Waals surface area contributed by atoms with Crippen LogP contribution in [0.5, 0.6) is 0 Å². The van der Waals surface area contributed by atoms with Crippen molar-refractivity contribution < 1.29 is 4.21 Å². The van der Waals surface area contributed by atoms with Crippen LogP contribution in [0.15, 0.2) is 24.8 Å². The van der Waals surface area contributed by atoms with Gasteiger partial charge in [0, 0.05) is 19.8 Å². The maximum atomic E-state index is 11.1. The van der Waals surface area contributed by atoms with Crippen molar-refractivity contribution in [1.82, 2.24) is 0 Å². The minimum Gasteiger partial charge on any atom is -0.377 e. The Kier molecular flexibility index (Phi) is 3.94. The fraction of sp³-hybridized carbons (Fsp3) is 0.273. The summed E-state index contributed by atoms with van der Waals surface area (Å²) in [6.45, 7) is 5.71. The van der Waals surface area contributed by atoms with Crippen molar-refractivity contribution in [2.45, 2.75) is 6.92 Å². The zero-order chi connectivity index (χ0) is 11.6. The standard InChI is InChI=1S/C11H14ClNOS/c1-8-10(9(2)15(12)14)6-5-7-11(8)13(3)4/h5-7H,2H2,1,3-4H3. The van der Waals surface area contributed by atoms with E-state index in [-0.39, 0.29) is 0 Å². The zero-order valence-electron chi connectivity index (χ0n) is 9.08. The molecule has 0 bridgehead atoms. The molecule has 4 heteroatoms. The van der Waals surface area contributed by atoms with E-state index in [1.165, 1.54) is 0 Å². The van der Waals surface area contributed by atoms with E-state index in [0.717, 1.165) is 16.8 Å². The van der Waals surface area contributed by atoms with E-state index < -0.39 is 10.0 Å². The van der Waals surface area contributed by atoms with Gasteiger partial charge in [0.15, 0.2) is 0 Å². The Morgan fingerprint density at radius 2 is 2.07 bits per heavy atom. The van der Waals surface area contributed by atoms with E-state index in [4.69, 9.17) is 10.7 Å². The van der Waals surface area contributed by atoms with Crippen LogP contribution in [0.4, 0.5) is 5.69 Å². The lowest BCUT2D eigenvalue weighted by Crippen LogP contribution is -2.11. The van der Waals surface area contributed by atoms with Crippen molar-refractivity contribution in [1.29, 1.82) is 0 Å². The molecular weight excluding hydrogens is 230 g/mol. The second kappa shape index (κ2) is 4.81. The van der Waals surface area contributed by atoms with Gasteiger partial charge in [0.05, 0.1) is 4.91 Å². The molecule has 1 aromatic carbocycles. The molecule has 1 unspecified atom stereocenters. The molecule has 0 saturated heterocycles. The van der Waals surface area contributed by atoms with E-state index in [0.29, 0.717) is 4.91 Å². The number of hydrogen-bond acceptors (Lipinski definition) is 2. The topological polar surface area (TPSA) is 20.3 Å². The normalized spacial score (nSPS) is 12.3. The van der Waals surface area contributed by atoms with Crippen molar-refractivity contribution in [3.8, 4) is 0 Å². The minimum atomic E-state index is -1.53. The molecule has 1 atom stereocenters. The third kappa shape index (κ3) is 2.61. The van der Waals surface area contributed by atoms with E-state index in [1.54, 1.807) is 0 Å². The van der Waals surface area contributed by atoms with Crippen molar-refractivity contribution in [2.75, 3.05) is 19.0 Å². The summed E-state index contributed by atoms with van der Waals surface area (Å²) in [6, 6.07) is 5.79. The van der Waals surface area contributed by atoms with Gasteiger partial charge in [-0.15, -0.1) is 0 Å². The van der Waals surface area contributed by atoms with Gasteiger partial charge >= 0.3 is 0 Å². The van der Waals surface area contributed by atoms with Gasteiger partial charge in [-0.3, -0.25) is 0 Å². The molecule has 1 rings (SSSR count). The monoisotopic (exact) mass is 243 g/mol. The van der Waals surface area contributed by atoms with Crippen LogP contribution >= 0.6 is 10.7 Å². The van der Waals surface area contributed by atoms with Gasteiger partial charge in [0.25, 0.3) is 0 Å². The van der Waals surface area contributed by atoms with Crippen LogP contribution in [0.3, 0.4) is 0 Å². The first-order valence-corrected chi connectivity index (χ1v) is 6.47. The Morgan fingerprint density at radius 1 is 1.47 bits per heavy atom. The van der Waals surface area contributed by atoms with E-state index in [9.17, 15) is 4.21 Å². The molecule has 1 aromatic rings. The molecule has 0 aliphatic heterocycles. The summed E-state index contributed by atoms with van der Waals surface area (Å²) in [5.41, 5.74) is 2.98. The van der Waals surface area contributed by atoms with Gasteiger partial charge < -0.3 is 4.90 Å². The molecule has 0 spiro atoms. The summed E-state index contributed by atoms with van der Waals surface area (Å²) in [5, 5.41) is 0. The summed E-state index contributed by atoms with van der Waals surface area (Å²) >= 11 is 0. The highest BCUT2D eigenvalue weighted by atomic mass is 35.7. The second-order valence-corrected chi connectivity index (χ2v) is 5.27. The van der Waals surface area contributed by atoms with Crippen molar-refractivity contribution in [2.24, 2.45) is 0 Å². The number of rotatable bonds is 3. The fourth-order valence-electron chi connectivity index (χ4n) is 1.50. The lowest BCUT2D eigenvalue weighted by molar-refractivity contribution is 0.696. The Bertz CT molecular complexity index is 415. The number of halogens is 1. The number of benzene rings is 1. The molecular formula is C11H14ClNOS. The summed E-state index contributed by atoms with van der Waals surface area (Å²) in [7, 11) is 7.92. The Morgan fingerprint density at radius 3 is 2.53 bits per heavy atom. The molecule has 0 heterocycles. The number of nitrogens with zero attached hydrogens (tertiary/aromatic N) is 1. The molecule has 0 fully saturated rings. The molecule has 82 valence electrons. The maximum Gasteiger partial charge on any atom is 0.147 e. The number of hydrogen-bond donors (Lipinski definition) is 0. The first-order chi connectivity index (χ1) is 6.95. The van der Waals surface area contributed by atoms with E-state index in [1.807, 2.05) is 44.1 Å². The van der Waals surface area contributed by atoms with Gasteiger partial charge in [0.2, 0.25) is 0 Å². The first kappa shape index (κ1) is 12.3. The molecule has 2 nitrogen and oxygen atoms in total. The van der Waals surface area contributed by atoms with Gasteiger partial charge in [-0.25, -0.2) is 4.21 Å². The lowest BCUT2D eigenvalue weighted by Gasteiger charge is -2.18. The van der Waals surface area contributed by atoms with E-state index >= 15 is 0 Å². The van der Waals surface area contributed by atoms with Crippen LogP contribution in [0, 0.1) is 6.92 Å². The third-order valence-corrected chi connectivity index (χ3v) is 3.45. The first-order valence-electron chi connectivity index (χ1n) is 4.49. The largest absolute Gasteiger partial charge is 0.377 e. The molecule has 15 heavy (non-hydrogen) atoms. The van der Waals surface area contributed by atoms with Crippen LogP contribution in [0.2, 0.25) is 0 Å². The quantitative estimate of drug-likeness (QED) is 0.761. The highest BCUT2D eigenvalue weighted by Gasteiger charge is 2.11. The van der Waals surface area contributed by atoms with Gasteiger partial charge in [-0.1, -0.05) is 18.7 Å². The summed E-state index contributed by atoms with van der Waals surface area (Å²) in [4.78, 5) is 2.46. The maximum absolute atomic E-state index is 11.1. The predicted octanol–water partition coefficient (Wildman–Crippen LogP) is 2.93. The Labute approximate surface area is 97.5 Å². The molecule has 0 aliphatic rings. The van der Waals surface area contributed by atoms with Gasteiger partial charge in [0.1, 0.15) is 10.0 Å². The average Bonchev–Trinajstić information content (AvgIpc) is 2.16. The Hall–Kier alpha value is -0.800.